The van der Waals surface area contributed by atoms with Gasteiger partial charge in [0.25, 0.3) is 5.89 Å². The quantitative estimate of drug-likeness (QED) is 0.839. The molecule has 1 aliphatic carbocycles. The Morgan fingerprint density at radius 1 is 1.29 bits per heavy atom. The first kappa shape index (κ1) is 15.7. The Kier molecular flexibility index (Phi) is 4.35. The van der Waals surface area contributed by atoms with Crippen molar-refractivity contribution < 1.29 is 14.4 Å². The summed E-state index contributed by atoms with van der Waals surface area (Å²) in [6.07, 6.45) is 2.05. The van der Waals surface area contributed by atoms with E-state index in [9.17, 15) is 5.11 Å². The molecule has 2 aliphatic rings. The highest BCUT2D eigenvalue weighted by Gasteiger charge is 2.31. The van der Waals surface area contributed by atoms with Gasteiger partial charge in [0, 0.05) is 25.6 Å². The van der Waals surface area contributed by atoms with Crippen LogP contribution in [0, 0.1) is 6.92 Å². The summed E-state index contributed by atoms with van der Waals surface area (Å²) in [5, 5.41) is 14.3. The van der Waals surface area contributed by atoms with Crippen molar-refractivity contribution in [3.8, 4) is 0 Å². The third-order valence-corrected chi connectivity index (χ3v) is 4.69. The van der Waals surface area contributed by atoms with Gasteiger partial charge in [0.1, 0.15) is 6.61 Å². The van der Waals surface area contributed by atoms with Gasteiger partial charge in [-0.2, -0.15) is 4.98 Å². The summed E-state index contributed by atoms with van der Waals surface area (Å²) in [6, 6.07) is 8.03. The molecule has 1 aliphatic heterocycles. The third kappa shape index (κ3) is 3.66. The fourth-order valence-corrected chi connectivity index (χ4v) is 2.94. The predicted octanol–water partition coefficient (Wildman–Crippen LogP) is 2.19. The van der Waals surface area contributed by atoms with E-state index >= 15 is 0 Å². The van der Waals surface area contributed by atoms with Crippen LogP contribution in [0.5, 0.6) is 0 Å². The Bertz CT molecular complexity index is 675. The molecule has 24 heavy (non-hydrogen) atoms. The lowest BCUT2D eigenvalue weighted by Crippen LogP contribution is -2.53. The largest absolute Gasteiger partial charge is 0.387 e. The Labute approximate surface area is 141 Å². The molecule has 2 heterocycles. The first-order valence-electron chi connectivity index (χ1n) is 8.58. The Hall–Kier alpha value is -1.76. The summed E-state index contributed by atoms with van der Waals surface area (Å²) in [4.78, 5) is 6.55. The van der Waals surface area contributed by atoms with Gasteiger partial charge >= 0.3 is 0 Å². The minimum Gasteiger partial charge on any atom is -0.387 e. The van der Waals surface area contributed by atoms with Crippen molar-refractivity contribution in [1.82, 2.24) is 15.0 Å². The molecule has 0 amide bonds. The minimum absolute atomic E-state index is 0.173. The molecule has 1 N–H and O–H groups in total. The molecule has 1 aromatic carbocycles. The first-order valence-corrected chi connectivity index (χ1v) is 8.58. The molecule has 2 fully saturated rings. The van der Waals surface area contributed by atoms with Crippen LogP contribution in [-0.4, -0.2) is 45.9 Å². The van der Waals surface area contributed by atoms with Crippen LogP contribution < -0.4 is 0 Å². The minimum atomic E-state index is -0.455. The average Bonchev–Trinajstić information content (AvgIpc) is 3.29. The second-order valence-corrected chi connectivity index (χ2v) is 6.90. The van der Waals surface area contributed by atoms with E-state index in [0.29, 0.717) is 25.0 Å². The summed E-state index contributed by atoms with van der Waals surface area (Å²) >= 11 is 0. The molecule has 6 heteroatoms. The van der Waals surface area contributed by atoms with E-state index in [1.54, 1.807) is 0 Å². The molecule has 0 spiro atoms. The third-order valence-electron chi connectivity index (χ3n) is 4.69. The normalized spacial score (nSPS) is 20.1. The molecule has 1 unspecified atom stereocenters. The molecule has 0 bridgehead atoms. The second-order valence-electron chi connectivity index (χ2n) is 6.90. The predicted molar refractivity (Wildman–Crippen MR) is 87.4 cm³/mol. The number of hydrogen-bond acceptors (Lipinski definition) is 6. The van der Waals surface area contributed by atoms with Crippen LogP contribution >= 0.6 is 0 Å². The molecule has 128 valence electrons. The summed E-state index contributed by atoms with van der Waals surface area (Å²) in [5.74, 6) is 1.89. The van der Waals surface area contributed by atoms with Crippen molar-refractivity contribution in [3.63, 3.8) is 0 Å². The number of benzene rings is 1. The highest BCUT2D eigenvalue weighted by molar-refractivity contribution is 5.23. The van der Waals surface area contributed by atoms with Crippen molar-refractivity contribution in [2.75, 3.05) is 19.6 Å². The highest BCUT2D eigenvalue weighted by atomic mass is 16.5. The molecule has 4 rings (SSSR count). The van der Waals surface area contributed by atoms with Crippen molar-refractivity contribution in [1.29, 1.82) is 0 Å². The van der Waals surface area contributed by atoms with Crippen LogP contribution in [0.2, 0.25) is 0 Å². The van der Waals surface area contributed by atoms with Gasteiger partial charge in [-0.1, -0.05) is 35.0 Å². The number of aliphatic hydroxyl groups excluding tert-OH is 1. The molecule has 1 atom stereocenters. The van der Waals surface area contributed by atoms with Gasteiger partial charge in [-0.25, -0.2) is 0 Å². The zero-order valence-corrected chi connectivity index (χ0v) is 13.9. The van der Waals surface area contributed by atoms with Crippen molar-refractivity contribution in [3.05, 3.63) is 47.1 Å². The van der Waals surface area contributed by atoms with Crippen LogP contribution in [0.3, 0.4) is 0 Å². The molecule has 1 aromatic heterocycles. The van der Waals surface area contributed by atoms with E-state index in [1.807, 2.05) is 31.2 Å². The smallest absolute Gasteiger partial charge is 0.252 e. The van der Waals surface area contributed by atoms with Crippen molar-refractivity contribution >= 4 is 0 Å². The lowest BCUT2D eigenvalue weighted by molar-refractivity contribution is -0.0799. The molecular formula is C18H23N3O3. The van der Waals surface area contributed by atoms with Crippen molar-refractivity contribution in [2.45, 2.75) is 44.5 Å². The van der Waals surface area contributed by atoms with E-state index in [4.69, 9.17) is 9.26 Å². The second kappa shape index (κ2) is 6.63. The lowest BCUT2D eigenvalue weighted by Gasteiger charge is -2.39. The maximum Gasteiger partial charge on any atom is 0.252 e. The van der Waals surface area contributed by atoms with E-state index < -0.39 is 6.10 Å². The number of nitrogens with zero attached hydrogens (tertiary/aromatic N) is 3. The molecule has 2 aromatic rings. The lowest BCUT2D eigenvalue weighted by atomic mass is 10.0. The molecular weight excluding hydrogens is 306 g/mol. The Morgan fingerprint density at radius 2 is 2.04 bits per heavy atom. The van der Waals surface area contributed by atoms with Gasteiger partial charge in [-0.15, -0.1) is 0 Å². The number of hydrogen-bond donors (Lipinski definition) is 1. The van der Waals surface area contributed by atoms with E-state index in [0.717, 1.165) is 24.5 Å². The van der Waals surface area contributed by atoms with E-state index in [1.165, 1.54) is 18.4 Å². The Morgan fingerprint density at radius 3 is 2.75 bits per heavy atom. The topological polar surface area (TPSA) is 71.6 Å². The maximum absolute atomic E-state index is 10.3. The van der Waals surface area contributed by atoms with Crippen LogP contribution in [0.1, 0.15) is 47.7 Å². The number of likely N-dealkylation sites (tertiary alicyclic amines) is 1. The first-order chi connectivity index (χ1) is 11.7. The molecule has 6 nitrogen and oxygen atoms in total. The van der Waals surface area contributed by atoms with Gasteiger partial charge in [0.15, 0.2) is 5.82 Å². The van der Waals surface area contributed by atoms with Crippen molar-refractivity contribution in [2.24, 2.45) is 0 Å². The number of β-amino-alcohol motifs (C(OH)–C–C–N with tert-alkyl or cyclic N) is 1. The fourth-order valence-electron chi connectivity index (χ4n) is 2.94. The summed E-state index contributed by atoms with van der Waals surface area (Å²) in [6.45, 7) is 4.71. The van der Waals surface area contributed by atoms with Gasteiger partial charge in [0.2, 0.25) is 0 Å². The van der Waals surface area contributed by atoms with Crippen LogP contribution in [-0.2, 0) is 11.3 Å². The Balaban J connectivity index is 1.18. The summed E-state index contributed by atoms with van der Waals surface area (Å²) in [5.41, 5.74) is 2.16. The zero-order valence-electron chi connectivity index (χ0n) is 13.9. The SMILES string of the molecule is Cc1ccc(C(O)CN2CC(OCc3nc(C4CC4)no3)C2)cc1. The van der Waals surface area contributed by atoms with E-state index in [2.05, 4.69) is 15.0 Å². The van der Waals surface area contributed by atoms with Gasteiger partial charge in [-0.05, 0) is 25.3 Å². The van der Waals surface area contributed by atoms with Gasteiger partial charge < -0.3 is 14.4 Å². The maximum atomic E-state index is 10.3. The number of aliphatic hydroxyl groups is 1. The molecule has 1 saturated heterocycles. The zero-order chi connectivity index (χ0) is 16.5. The average molecular weight is 329 g/mol. The van der Waals surface area contributed by atoms with E-state index in [-0.39, 0.29) is 6.10 Å². The number of aromatic nitrogens is 2. The monoisotopic (exact) mass is 329 g/mol. The highest BCUT2D eigenvalue weighted by Crippen LogP contribution is 2.38. The number of ether oxygens (including phenoxy) is 1. The van der Waals surface area contributed by atoms with Crippen LogP contribution in [0.4, 0.5) is 0 Å². The van der Waals surface area contributed by atoms with Crippen LogP contribution in [0.15, 0.2) is 28.8 Å². The number of aryl methyl sites for hydroxylation is 1. The molecule has 1 saturated carbocycles. The summed E-state index contributed by atoms with van der Waals surface area (Å²) in [7, 11) is 0. The van der Waals surface area contributed by atoms with Crippen LogP contribution in [0.25, 0.3) is 0 Å². The fraction of sp³-hybridized carbons (Fsp3) is 0.556. The molecule has 0 radical (unpaired) electrons. The van der Waals surface area contributed by atoms with Gasteiger partial charge in [-0.3, -0.25) is 4.90 Å². The summed E-state index contributed by atoms with van der Waals surface area (Å²) < 4.78 is 11.0. The van der Waals surface area contributed by atoms with Gasteiger partial charge in [0.05, 0.1) is 12.2 Å². The standard InChI is InChI=1S/C18H23N3O3/c1-12-2-4-13(5-3-12)16(22)10-21-8-15(9-21)23-11-17-19-18(20-24-17)14-6-7-14/h2-5,14-16,22H,6-11H2,1H3. The number of rotatable bonds is 7.